The van der Waals surface area contributed by atoms with Gasteiger partial charge in [0.05, 0.1) is 6.54 Å². The molecule has 0 aromatic heterocycles. The molecule has 23 heavy (non-hydrogen) atoms. The molecule has 0 spiro atoms. The van der Waals surface area contributed by atoms with Gasteiger partial charge >= 0.3 is 6.03 Å². The Labute approximate surface area is 141 Å². The average molecular weight is 333 g/mol. The Kier molecular flexibility index (Phi) is 4.80. The number of carbonyl (C=O) groups is 2. The number of thioether (sulfide) groups is 1. The smallest absolute Gasteiger partial charge is 0.317 e. The van der Waals surface area contributed by atoms with Crippen LogP contribution in [0, 0.1) is 6.92 Å². The summed E-state index contributed by atoms with van der Waals surface area (Å²) in [5.74, 6) is 0.0571. The number of likely N-dealkylation sites (N-methyl/N-ethyl adjacent to an activating group) is 1. The van der Waals surface area contributed by atoms with Gasteiger partial charge in [-0.05, 0) is 31.9 Å². The van der Waals surface area contributed by atoms with Crippen LogP contribution in [0.5, 0.6) is 0 Å². The van der Waals surface area contributed by atoms with E-state index < -0.39 is 0 Å². The van der Waals surface area contributed by atoms with E-state index in [-0.39, 0.29) is 18.0 Å². The second-order valence-corrected chi connectivity index (χ2v) is 7.72. The molecule has 0 unspecified atom stereocenters. The number of amides is 3. The van der Waals surface area contributed by atoms with E-state index in [1.54, 1.807) is 11.9 Å². The van der Waals surface area contributed by atoms with Crippen molar-refractivity contribution >= 4 is 23.7 Å². The summed E-state index contributed by atoms with van der Waals surface area (Å²) in [4.78, 5) is 28.7. The van der Waals surface area contributed by atoms with E-state index in [2.05, 4.69) is 36.5 Å². The lowest BCUT2D eigenvalue weighted by Crippen LogP contribution is -2.48. The lowest BCUT2D eigenvalue weighted by Gasteiger charge is -2.33. The normalized spacial score (nSPS) is 22.3. The van der Waals surface area contributed by atoms with Crippen LogP contribution in [-0.4, -0.2) is 59.7 Å². The van der Waals surface area contributed by atoms with Crippen LogP contribution >= 0.6 is 11.8 Å². The lowest BCUT2D eigenvalue weighted by molar-refractivity contribution is -0.133. The van der Waals surface area contributed by atoms with Crippen molar-refractivity contribution in [3.63, 3.8) is 0 Å². The fourth-order valence-corrected chi connectivity index (χ4v) is 4.34. The Morgan fingerprint density at radius 1 is 1.30 bits per heavy atom. The van der Waals surface area contributed by atoms with Gasteiger partial charge in [0.2, 0.25) is 5.91 Å². The van der Waals surface area contributed by atoms with E-state index in [0.717, 1.165) is 25.9 Å². The zero-order chi connectivity index (χ0) is 16.4. The van der Waals surface area contributed by atoms with E-state index in [1.807, 2.05) is 16.7 Å². The summed E-state index contributed by atoms with van der Waals surface area (Å²) in [7, 11) is 1.72. The van der Waals surface area contributed by atoms with Gasteiger partial charge in [0.15, 0.2) is 0 Å². The quantitative estimate of drug-likeness (QED) is 0.922. The molecule has 2 aliphatic rings. The number of nitrogens with zero attached hydrogens (tertiary/aromatic N) is 2. The Morgan fingerprint density at radius 2 is 2.04 bits per heavy atom. The molecular weight excluding hydrogens is 310 g/mol. The molecule has 0 saturated carbocycles. The minimum Gasteiger partial charge on any atom is -0.341 e. The molecule has 1 aromatic rings. The molecule has 3 amide bonds. The first kappa shape index (κ1) is 16.2. The number of hydrogen-bond donors (Lipinski definition) is 1. The highest BCUT2D eigenvalue weighted by Crippen LogP contribution is 2.31. The minimum atomic E-state index is -0.381. The number of aryl methyl sites for hydroxylation is 1. The number of nitrogens with one attached hydrogen (secondary N) is 1. The van der Waals surface area contributed by atoms with Gasteiger partial charge in [0.25, 0.3) is 0 Å². The van der Waals surface area contributed by atoms with Crippen LogP contribution in [0.25, 0.3) is 0 Å². The van der Waals surface area contributed by atoms with E-state index in [1.165, 1.54) is 10.5 Å². The van der Waals surface area contributed by atoms with Gasteiger partial charge in [-0.3, -0.25) is 4.79 Å². The first-order valence-electron chi connectivity index (χ1n) is 8.06. The van der Waals surface area contributed by atoms with Gasteiger partial charge in [-0.25, -0.2) is 4.79 Å². The minimum absolute atomic E-state index is 0.0571. The second-order valence-electron chi connectivity index (χ2n) is 6.34. The molecule has 0 radical (unpaired) electrons. The fraction of sp³-hybridized carbons (Fsp3) is 0.529. The molecular formula is C17H23N3O2S. The summed E-state index contributed by atoms with van der Waals surface area (Å²) < 4.78 is 0. The van der Waals surface area contributed by atoms with Crippen LogP contribution in [0.1, 0.15) is 18.4 Å². The predicted molar refractivity (Wildman–Crippen MR) is 91.6 cm³/mol. The maximum Gasteiger partial charge on any atom is 0.317 e. The molecule has 1 N–H and O–H groups in total. The maximum absolute atomic E-state index is 12.5. The third kappa shape index (κ3) is 3.80. The Bertz CT molecular complexity index is 599. The number of benzene rings is 1. The van der Waals surface area contributed by atoms with Crippen molar-refractivity contribution < 1.29 is 9.59 Å². The molecule has 2 saturated heterocycles. The SMILES string of the molecule is Cc1cccc(SC2CCN(C(=O)[C@H]3CN(C)C(=O)N3)CC2)c1. The van der Waals surface area contributed by atoms with Gasteiger partial charge in [-0.2, -0.15) is 0 Å². The highest BCUT2D eigenvalue weighted by molar-refractivity contribution is 8.00. The van der Waals surface area contributed by atoms with Crippen molar-refractivity contribution in [2.24, 2.45) is 0 Å². The second kappa shape index (κ2) is 6.83. The summed E-state index contributed by atoms with van der Waals surface area (Å²) in [5.41, 5.74) is 1.28. The number of likely N-dealkylation sites (tertiary alicyclic amines) is 1. The third-order valence-electron chi connectivity index (χ3n) is 4.44. The number of hydrogen-bond acceptors (Lipinski definition) is 3. The molecule has 1 atom stereocenters. The Hall–Kier alpha value is -1.69. The summed E-state index contributed by atoms with van der Waals surface area (Å²) >= 11 is 1.91. The largest absolute Gasteiger partial charge is 0.341 e. The third-order valence-corrected chi connectivity index (χ3v) is 5.78. The summed E-state index contributed by atoms with van der Waals surface area (Å²) in [6.45, 7) is 4.13. The van der Waals surface area contributed by atoms with Gasteiger partial charge in [-0.1, -0.05) is 17.7 Å². The molecule has 3 rings (SSSR count). The summed E-state index contributed by atoms with van der Waals surface area (Å²) in [6, 6.07) is 8.03. The standard InChI is InChI=1S/C17H23N3O2S/c1-12-4-3-5-14(10-12)23-13-6-8-20(9-7-13)16(21)15-11-19(2)17(22)18-15/h3-5,10,13,15H,6-9,11H2,1-2H3,(H,18,22)/t15-/m1/s1. The van der Waals surface area contributed by atoms with Gasteiger partial charge in [0, 0.05) is 30.3 Å². The van der Waals surface area contributed by atoms with Crippen molar-refractivity contribution in [2.75, 3.05) is 26.7 Å². The molecule has 1 aromatic carbocycles. The molecule has 2 fully saturated rings. The predicted octanol–water partition coefficient (Wildman–Crippen LogP) is 2.10. The number of carbonyl (C=O) groups excluding carboxylic acids is 2. The van der Waals surface area contributed by atoms with Crippen LogP contribution in [0.4, 0.5) is 4.79 Å². The van der Waals surface area contributed by atoms with E-state index in [9.17, 15) is 9.59 Å². The highest BCUT2D eigenvalue weighted by Gasteiger charge is 2.35. The van der Waals surface area contributed by atoms with Gasteiger partial charge < -0.3 is 15.1 Å². The molecule has 6 heteroatoms. The topological polar surface area (TPSA) is 52.7 Å². The van der Waals surface area contributed by atoms with Crippen LogP contribution < -0.4 is 5.32 Å². The molecule has 124 valence electrons. The number of urea groups is 1. The van der Waals surface area contributed by atoms with E-state index in [4.69, 9.17) is 0 Å². The highest BCUT2D eigenvalue weighted by atomic mass is 32.2. The fourth-order valence-electron chi connectivity index (χ4n) is 3.10. The summed E-state index contributed by atoms with van der Waals surface area (Å²) in [5, 5.41) is 3.31. The molecule has 2 heterocycles. The van der Waals surface area contributed by atoms with Gasteiger partial charge in [-0.15, -0.1) is 11.8 Å². The van der Waals surface area contributed by atoms with Crippen molar-refractivity contribution in [1.29, 1.82) is 0 Å². The van der Waals surface area contributed by atoms with E-state index in [0.29, 0.717) is 11.8 Å². The van der Waals surface area contributed by atoms with Crippen molar-refractivity contribution in [2.45, 2.75) is 36.0 Å². The molecule has 0 aliphatic carbocycles. The molecule has 5 nitrogen and oxygen atoms in total. The van der Waals surface area contributed by atoms with Crippen molar-refractivity contribution in [3.8, 4) is 0 Å². The zero-order valence-corrected chi connectivity index (χ0v) is 14.4. The van der Waals surface area contributed by atoms with Crippen LogP contribution in [-0.2, 0) is 4.79 Å². The van der Waals surface area contributed by atoms with Crippen molar-refractivity contribution in [3.05, 3.63) is 29.8 Å². The average Bonchev–Trinajstić information content (AvgIpc) is 2.87. The first-order valence-corrected chi connectivity index (χ1v) is 8.94. The van der Waals surface area contributed by atoms with Crippen LogP contribution in [0.2, 0.25) is 0 Å². The van der Waals surface area contributed by atoms with E-state index >= 15 is 0 Å². The Balaban J connectivity index is 1.50. The summed E-state index contributed by atoms with van der Waals surface area (Å²) in [6.07, 6.45) is 2.00. The number of rotatable bonds is 3. The van der Waals surface area contributed by atoms with Crippen LogP contribution in [0.3, 0.4) is 0 Å². The molecule has 2 aliphatic heterocycles. The number of piperidine rings is 1. The van der Waals surface area contributed by atoms with Gasteiger partial charge in [0.1, 0.15) is 6.04 Å². The molecule has 0 bridgehead atoms. The van der Waals surface area contributed by atoms with Crippen LogP contribution in [0.15, 0.2) is 29.2 Å². The lowest BCUT2D eigenvalue weighted by atomic mass is 10.1. The first-order chi connectivity index (χ1) is 11.0. The van der Waals surface area contributed by atoms with Crippen molar-refractivity contribution in [1.82, 2.24) is 15.1 Å². The zero-order valence-electron chi connectivity index (χ0n) is 13.6. The Morgan fingerprint density at radius 3 is 2.65 bits per heavy atom. The monoisotopic (exact) mass is 333 g/mol. The maximum atomic E-state index is 12.5.